The minimum atomic E-state index is -0.495. The molecule has 1 aliphatic rings. The zero-order chi connectivity index (χ0) is 19.4. The molecule has 1 atom stereocenters. The molecule has 0 spiro atoms. The molecular formula is C22H29ClN2O2. The smallest absolute Gasteiger partial charge is 0.122 e. The summed E-state index contributed by atoms with van der Waals surface area (Å²) in [7, 11) is 0. The highest BCUT2D eigenvalue weighted by Gasteiger charge is 2.21. The van der Waals surface area contributed by atoms with Gasteiger partial charge in [0.25, 0.3) is 0 Å². The van der Waals surface area contributed by atoms with Gasteiger partial charge in [-0.25, -0.2) is 0 Å². The molecule has 5 heteroatoms. The van der Waals surface area contributed by atoms with Gasteiger partial charge < -0.3 is 14.7 Å². The van der Waals surface area contributed by atoms with Gasteiger partial charge in [-0.3, -0.25) is 4.90 Å². The summed E-state index contributed by atoms with van der Waals surface area (Å²) < 4.78 is 5.81. The number of benzene rings is 2. The van der Waals surface area contributed by atoms with Gasteiger partial charge in [-0.05, 0) is 50.1 Å². The number of aryl methyl sites for hydroxylation is 3. The fraction of sp³-hybridized carbons (Fsp3) is 0.455. The first-order chi connectivity index (χ1) is 12.9. The summed E-state index contributed by atoms with van der Waals surface area (Å²) in [6.07, 6.45) is -0.495. The van der Waals surface area contributed by atoms with Gasteiger partial charge in [0.05, 0.1) is 0 Å². The summed E-state index contributed by atoms with van der Waals surface area (Å²) in [6.45, 7) is 10.9. The molecule has 4 nitrogen and oxygen atoms in total. The first kappa shape index (κ1) is 20.0. The van der Waals surface area contributed by atoms with Crippen molar-refractivity contribution in [3.63, 3.8) is 0 Å². The molecule has 1 aliphatic heterocycles. The Balaban J connectivity index is 1.46. The minimum absolute atomic E-state index is 0.317. The number of β-amino-alcohol motifs (C(OH)–C–C–N with tert-alkyl or cyclic N) is 1. The number of piperazine rings is 1. The predicted molar refractivity (Wildman–Crippen MR) is 112 cm³/mol. The second-order valence-electron chi connectivity index (χ2n) is 7.45. The molecular weight excluding hydrogens is 360 g/mol. The van der Waals surface area contributed by atoms with Crippen LogP contribution in [0.25, 0.3) is 0 Å². The molecule has 0 bridgehead atoms. The number of aliphatic hydroxyl groups excluding tert-OH is 1. The molecule has 27 heavy (non-hydrogen) atoms. The summed E-state index contributed by atoms with van der Waals surface area (Å²) in [5.74, 6) is 0.848. The molecule has 1 N–H and O–H groups in total. The Morgan fingerprint density at radius 2 is 1.74 bits per heavy atom. The van der Waals surface area contributed by atoms with Crippen molar-refractivity contribution in [3.05, 3.63) is 58.1 Å². The van der Waals surface area contributed by atoms with Crippen LogP contribution in [0.1, 0.15) is 16.7 Å². The van der Waals surface area contributed by atoms with E-state index in [2.05, 4.69) is 35.8 Å². The number of hydrogen-bond acceptors (Lipinski definition) is 4. The topological polar surface area (TPSA) is 35.9 Å². The van der Waals surface area contributed by atoms with Gasteiger partial charge in [-0.1, -0.05) is 35.4 Å². The van der Waals surface area contributed by atoms with E-state index in [1.165, 1.54) is 16.8 Å². The number of rotatable bonds is 6. The van der Waals surface area contributed by atoms with Crippen molar-refractivity contribution >= 4 is 17.3 Å². The molecule has 146 valence electrons. The van der Waals surface area contributed by atoms with E-state index >= 15 is 0 Å². The van der Waals surface area contributed by atoms with Gasteiger partial charge in [0.2, 0.25) is 0 Å². The largest absolute Gasteiger partial charge is 0.491 e. The van der Waals surface area contributed by atoms with Gasteiger partial charge in [-0.15, -0.1) is 0 Å². The zero-order valence-corrected chi connectivity index (χ0v) is 17.2. The second kappa shape index (κ2) is 8.96. The van der Waals surface area contributed by atoms with E-state index in [4.69, 9.17) is 16.3 Å². The van der Waals surface area contributed by atoms with Crippen molar-refractivity contribution in [2.45, 2.75) is 26.9 Å². The van der Waals surface area contributed by atoms with E-state index in [-0.39, 0.29) is 0 Å². The predicted octanol–water partition coefficient (Wildman–Crippen LogP) is 3.83. The van der Waals surface area contributed by atoms with Crippen LogP contribution in [-0.4, -0.2) is 55.4 Å². The second-order valence-corrected chi connectivity index (χ2v) is 7.89. The Morgan fingerprint density at radius 1 is 1.00 bits per heavy atom. The van der Waals surface area contributed by atoms with Crippen molar-refractivity contribution in [2.24, 2.45) is 0 Å². The van der Waals surface area contributed by atoms with Gasteiger partial charge in [-0.2, -0.15) is 0 Å². The molecule has 2 aromatic rings. The number of halogens is 1. The minimum Gasteiger partial charge on any atom is -0.491 e. The van der Waals surface area contributed by atoms with Crippen molar-refractivity contribution in [1.82, 2.24) is 4.90 Å². The van der Waals surface area contributed by atoms with Crippen LogP contribution < -0.4 is 9.64 Å². The quantitative estimate of drug-likeness (QED) is 0.815. The molecule has 0 amide bonds. The maximum atomic E-state index is 10.4. The molecule has 1 fully saturated rings. The van der Waals surface area contributed by atoms with Crippen molar-refractivity contribution in [1.29, 1.82) is 0 Å². The third-order valence-corrected chi connectivity index (χ3v) is 5.35. The molecule has 0 aliphatic carbocycles. The highest BCUT2D eigenvalue weighted by Crippen LogP contribution is 2.25. The zero-order valence-electron chi connectivity index (χ0n) is 16.4. The fourth-order valence-corrected chi connectivity index (χ4v) is 3.76. The van der Waals surface area contributed by atoms with Gasteiger partial charge in [0.15, 0.2) is 0 Å². The van der Waals surface area contributed by atoms with Crippen LogP contribution in [0, 0.1) is 20.8 Å². The summed E-state index contributed by atoms with van der Waals surface area (Å²) in [4.78, 5) is 4.67. The van der Waals surface area contributed by atoms with Gasteiger partial charge in [0.1, 0.15) is 18.5 Å². The van der Waals surface area contributed by atoms with Crippen molar-refractivity contribution in [2.75, 3.05) is 44.2 Å². The molecule has 1 heterocycles. The Labute approximate surface area is 167 Å². The maximum absolute atomic E-state index is 10.4. The summed E-state index contributed by atoms with van der Waals surface area (Å²) in [5, 5.41) is 11.1. The van der Waals surface area contributed by atoms with E-state index in [0.717, 1.165) is 42.5 Å². The van der Waals surface area contributed by atoms with E-state index in [1.807, 2.05) is 31.2 Å². The van der Waals surface area contributed by atoms with E-state index in [0.29, 0.717) is 13.2 Å². The van der Waals surface area contributed by atoms with E-state index in [9.17, 15) is 5.11 Å². The number of aliphatic hydroxyl groups is 1. The Hall–Kier alpha value is -1.75. The molecule has 0 unspecified atom stereocenters. The lowest BCUT2D eigenvalue weighted by Crippen LogP contribution is -2.49. The third kappa shape index (κ3) is 5.38. The first-order valence-electron chi connectivity index (χ1n) is 9.54. The molecule has 2 aromatic carbocycles. The maximum Gasteiger partial charge on any atom is 0.122 e. The summed E-state index contributed by atoms with van der Waals surface area (Å²) in [6, 6.07) is 12.1. The standard InChI is InChI=1S/C22H29ClN2O2/c1-16-4-7-22(18(3)12-16)27-15-20(26)14-24-8-10-25(11-9-24)21-13-19(23)6-5-17(21)2/h4-7,12-13,20,26H,8-11,14-15H2,1-3H3/t20-/m0/s1. The van der Waals surface area contributed by atoms with Crippen LogP contribution in [0.3, 0.4) is 0 Å². The number of nitrogens with zero attached hydrogens (tertiary/aromatic N) is 2. The summed E-state index contributed by atoms with van der Waals surface area (Å²) >= 11 is 6.15. The van der Waals surface area contributed by atoms with Gasteiger partial charge in [0, 0.05) is 43.4 Å². The van der Waals surface area contributed by atoms with Gasteiger partial charge >= 0.3 is 0 Å². The monoisotopic (exact) mass is 388 g/mol. The lowest BCUT2D eigenvalue weighted by molar-refractivity contribution is 0.0661. The Kier molecular flexibility index (Phi) is 6.64. The Bertz CT molecular complexity index is 773. The first-order valence-corrected chi connectivity index (χ1v) is 9.92. The highest BCUT2D eigenvalue weighted by molar-refractivity contribution is 6.30. The van der Waals surface area contributed by atoms with Crippen molar-refractivity contribution in [3.8, 4) is 5.75 Å². The normalized spacial score (nSPS) is 16.4. The molecule has 0 saturated carbocycles. The van der Waals surface area contributed by atoms with Crippen molar-refractivity contribution < 1.29 is 9.84 Å². The lowest BCUT2D eigenvalue weighted by atomic mass is 10.1. The number of anilines is 1. The molecule has 0 aromatic heterocycles. The average molecular weight is 389 g/mol. The van der Waals surface area contributed by atoms with Crippen LogP contribution in [0.2, 0.25) is 5.02 Å². The molecule has 0 radical (unpaired) electrons. The highest BCUT2D eigenvalue weighted by atomic mass is 35.5. The van der Waals surface area contributed by atoms with Crippen LogP contribution in [0.5, 0.6) is 5.75 Å². The Morgan fingerprint density at radius 3 is 2.44 bits per heavy atom. The number of hydrogen-bond donors (Lipinski definition) is 1. The van der Waals surface area contributed by atoms with Crippen LogP contribution in [0.15, 0.2) is 36.4 Å². The van der Waals surface area contributed by atoms with E-state index in [1.54, 1.807) is 0 Å². The molecule has 1 saturated heterocycles. The summed E-state index contributed by atoms with van der Waals surface area (Å²) in [5.41, 5.74) is 4.77. The van der Waals surface area contributed by atoms with Crippen LogP contribution in [0.4, 0.5) is 5.69 Å². The lowest BCUT2D eigenvalue weighted by Gasteiger charge is -2.37. The average Bonchev–Trinajstić information content (AvgIpc) is 2.64. The number of ether oxygens (including phenoxy) is 1. The SMILES string of the molecule is Cc1ccc(OC[C@@H](O)CN2CCN(c3cc(Cl)ccc3C)CC2)c(C)c1. The third-order valence-electron chi connectivity index (χ3n) is 5.11. The van der Waals surface area contributed by atoms with Crippen LogP contribution >= 0.6 is 11.6 Å². The molecule has 3 rings (SSSR count). The van der Waals surface area contributed by atoms with Crippen LogP contribution in [-0.2, 0) is 0 Å². The fourth-order valence-electron chi connectivity index (χ4n) is 3.59. The van der Waals surface area contributed by atoms with E-state index < -0.39 is 6.10 Å².